The first-order valence-electron chi connectivity index (χ1n) is 7.24. The molecular formula is C17H21NO3S. The van der Waals surface area contributed by atoms with Crippen molar-refractivity contribution < 1.29 is 13.2 Å². The van der Waals surface area contributed by atoms with E-state index >= 15 is 0 Å². The molecule has 0 saturated heterocycles. The molecule has 0 aliphatic rings. The number of hydrogen-bond donors (Lipinski definition) is 1. The van der Waals surface area contributed by atoms with Gasteiger partial charge in [0.1, 0.15) is 5.75 Å². The number of nitrogens with one attached hydrogen (secondary N) is 1. The number of sulfonamides is 1. The fourth-order valence-corrected chi connectivity index (χ4v) is 3.20. The van der Waals surface area contributed by atoms with Gasteiger partial charge in [-0.3, -0.25) is 0 Å². The van der Waals surface area contributed by atoms with Gasteiger partial charge in [-0.15, -0.1) is 0 Å². The highest BCUT2D eigenvalue weighted by Crippen LogP contribution is 2.18. The molecule has 2 rings (SSSR count). The van der Waals surface area contributed by atoms with Crippen LogP contribution < -0.4 is 9.46 Å². The van der Waals surface area contributed by atoms with Crippen LogP contribution in [0.5, 0.6) is 5.75 Å². The lowest BCUT2D eigenvalue weighted by Gasteiger charge is -2.11. The third kappa shape index (κ3) is 4.86. The van der Waals surface area contributed by atoms with Crippen LogP contribution in [-0.2, 0) is 22.3 Å². The number of rotatable bonds is 7. The molecule has 2 aromatic rings. The maximum absolute atomic E-state index is 12.2. The fraction of sp³-hybridized carbons (Fsp3) is 0.294. The van der Waals surface area contributed by atoms with Crippen LogP contribution in [-0.4, -0.2) is 15.0 Å². The van der Waals surface area contributed by atoms with E-state index in [4.69, 9.17) is 4.74 Å². The standard InChI is InChI=1S/C17H21NO3S/c1-3-21-17-7-5-4-6-16(17)12-18-22(19,20)13-15-10-8-14(2)9-11-15/h4-11,18H,3,12-13H2,1-2H3. The summed E-state index contributed by atoms with van der Waals surface area (Å²) in [7, 11) is -3.38. The zero-order valence-electron chi connectivity index (χ0n) is 12.9. The Morgan fingerprint density at radius 1 is 1.05 bits per heavy atom. The Hall–Kier alpha value is -1.85. The van der Waals surface area contributed by atoms with Crippen molar-refractivity contribution in [1.82, 2.24) is 4.72 Å². The van der Waals surface area contributed by atoms with Gasteiger partial charge in [0.2, 0.25) is 10.0 Å². The average molecular weight is 319 g/mol. The quantitative estimate of drug-likeness (QED) is 0.853. The number of hydrogen-bond acceptors (Lipinski definition) is 3. The van der Waals surface area contributed by atoms with E-state index in [9.17, 15) is 8.42 Å². The highest BCUT2D eigenvalue weighted by Gasteiger charge is 2.12. The number of benzene rings is 2. The summed E-state index contributed by atoms with van der Waals surface area (Å²) in [5.74, 6) is 0.687. The first-order valence-corrected chi connectivity index (χ1v) is 8.89. The molecule has 0 aliphatic carbocycles. The summed E-state index contributed by atoms with van der Waals surface area (Å²) in [5, 5.41) is 0. The van der Waals surface area contributed by atoms with E-state index in [0.29, 0.717) is 12.4 Å². The minimum absolute atomic E-state index is 0.0237. The molecule has 0 heterocycles. The van der Waals surface area contributed by atoms with Crippen LogP contribution >= 0.6 is 0 Å². The van der Waals surface area contributed by atoms with Gasteiger partial charge in [-0.25, -0.2) is 13.1 Å². The van der Waals surface area contributed by atoms with E-state index in [1.807, 2.05) is 62.4 Å². The predicted octanol–water partition coefficient (Wildman–Crippen LogP) is 3.01. The molecule has 5 heteroatoms. The molecule has 22 heavy (non-hydrogen) atoms. The molecule has 0 radical (unpaired) electrons. The summed E-state index contributed by atoms with van der Waals surface area (Å²) in [6, 6.07) is 14.9. The number of ether oxygens (including phenoxy) is 1. The van der Waals surface area contributed by atoms with Crippen molar-refractivity contribution in [2.45, 2.75) is 26.1 Å². The van der Waals surface area contributed by atoms with Gasteiger partial charge in [-0.05, 0) is 25.5 Å². The summed E-state index contributed by atoms with van der Waals surface area (Å²) >= 11 is 0. The highest BCUT2D eigenvalue weighted by atomic mass is 32.2. The Balaban J connectivity index is 2.02. The lowest BCUT2D eigenvalue weighted by molar-refractivity contribution is 0.336. The minimum atomic E-state index is -3.38. The zero-order chi connectivity index (χ0) is 16.0. The van der Waals surface area contributed by atoms with Crippen molar-refractivity contribution in [3.8, 4) is 5.75 Å². The van der Waals surface area contributed by atoms with Gasteiger partial charge >= 0.3 is 0 Å². The van der Waals surface area contributed by atoms with Gasteiger partial charge in [0.05, 0.1) is 12.4 Å². The Morgan fingerprint density at radius 3 is 2.41 bits per heavy atom. The Kier molecular flexibility index (Phi) is 5.57. The second-order valence-corrected chi connectivity index (χ2v) is 6.91. The van der Waals surface area contributed by atoms with E-state index in [1.54, 1.807) is 0 Å². The summed E-state index contributed by atoms with van der Waals surface area (Å²) in [6.45, 7) is 4.65. The molecule has 0 atom stereocenters. The molecule has 0 aliphatic heterocycles. The smallest absolute Gasteiger partial charge is 0.216 e. The van der Waals surface area contributed by atoms with Crippen LogP contribution in [0.1, 0.15) is 23.6 Å². The Bertz CT molecular complexity index is 709. The van der Waals surface area contributed by atoms with Crippen LogP contribution in [0.3, 0.4) is 0 Å². The van der Waals surface area contributed by atoms with Crippen molar-refractivity contribution in [2.75, 3.05) is 6.61 Å². The van der Waals surface area contributed by atoms with E-state index in [2.05, 4.69) is 4.72 Å². The van der Waals surface area contributed by atoms with E-state index in [0.717, 1.165) is 16.7 Å². The van der Waals surface area contributed by atoms with Crippen molar-refractivity contribution in [2.24, 2.45) is 0 Å². The molecule has 0 bridgehead atoms. The Labute approximate surface area is 132 Å². The first-order chi connectivity index (χ1) is 10.5. The monoisotopic (exact) mass is 319 g/mol. The third-order valence-corrected chi connectivity index (χ3v) is 4.53. The maximum atomic E-state index is 12.2. The van der Waals surface area contributed by atoms with E-state index in [1.165, 1.54) is 0 Å². The first kappa shape index (κ1) is 16.5. The summed E-state index contributed by atoms with van der Waals surface area (Å²) in [4.78, 5) is 0. The van der Waals surface area contributed by atoms with E-state index < -0.39 is 10.0 Å². The molecule has 4 nitrogen and oxygen atoms in total. The fourth-order valence-electron chi connectivity index (χ4n) is 2.09. The average Bonchev–Trinajstić information content (AvgIpc) is 2.49. The molecule has 118 valence electrons. The van der Waals surface area contributed by atoms with Gasteiger partial charge < -0.3 is 4.74 Å². The second kappa shape index (κ2) is 7.42. The molecule has 0 fully saturated rings. The van der Waals surface area contributed by atoms with Crippen LogP contribution in [0.2, 0.25) is 0 Å². The zero-order valence-corrected chi connectivity index (χ0v) is 13.7. The normalized spacial score (nSPS) is 11.4. The summed E-state index contributed by atoms with van der Waals surface area (Å²) < 4.78 is 32.5. The van der Waals surface area contributed by atoms with Gasteiger partial charge in [-0.1, -0.05) is 48.0 Å². The van der Waals surface area contributed by atoms with Crippen molar-refractivity contribution in [3.05, 3.63) is 65.2 Å². The summed E-state index contributed by atoms with van der Waals surface area (Å²) in [5.41, 5.74) is 2.72. The predicted molar refractivity (Wildman–Crippen MR) is 88.3 cm³/mol. The Morgan fingerprint density at radius 2 is 1.73 bits per heavy atom. The lowest BCUT2D eigenvalue weighted by atomic mass is 10.2. The summed E-state index contributed by atoms with van der Waals surface area (Å²) in [6.07, 6.45) is 0. The van der Waals surface area contributed by atoms with Gasteiger partial charge in [0.15, 0.2) is 0 Å². The molecule has 0 unspecified atom stereocenters. The SMILES string of the molecule is CCOc1ccccc1CNS(=O)(=O)Cc1ccc(C)cc1. The van der Waals surface area contributed by atoms with Crippen LogP contribution in [0.15, 0.2) is 48.5 Å². The molecule has 1 N–H and O–H groups in total. The molecule has 0 aromatic heterocycles. The second-order valence-electron chi connectivity index (χ2n) is 5.11. The molecule has 0 spiro atoms. The van der Waals surface area contributed by atoms with Crippen LogP contribution in [0.25, 0.3) is 0 Å². The van der Waals surface area contributed by atoms with Crippen molar-refractivity contribution >= 4 is 10.0 Å². The number of para-hydroxylation sites is 1. The highest BCUT2D eigenvalue weighted by molar-refractivity contribution is 7.88. The van der Waals surface area contributed by atoms with Crippen LogP contribution in [0, 0.1) is 6.92 Å². The molecule has 2 aromatic carbocycles. The van der Waals surface area contributed by atoms with Crippen LogP contribution in [0.4, 0.5) is 0 Å². The minimum Gasteiger partial charge on any atom is -0.494 e. The topological polar surface area (TPSA) is 55.4 Å². The van der Waals surface area contributed by atoms with Gasteiger partial charge in [0.25, 0.3) is 0 Å². The molecular weight excluding hydrogens is 298 g/mol. The molecule has 0 amide bonds. The lowest BCUT2D eigenvalue weighted by Crippen LogP contribution is -2.25. The molecule has 0 saturated carbocycles. The van der Waals surface area contributed by atoms with Gasteiger partial charge in [0, 0.05) is 12.1 Å². The van der Waals surface area contributed by atoms with E-state index in [-0.39, 0.29) is 12.3 Å². The maximum Gasteiger partial charge on any atom is 0.216 e. The van der Waals surface area contributed by atoms with Crippen molar-refractivity contribution in [1.29, 1.82) is 0 Å². The largest absolute Gasteiger partial charge is 0.494 e. The number of aryl methyl sites for hydroxylation is 1. The van der Waals surface area contributed by atoms with Crippen molar-refractivity contribution in [3.63, 3.8) is 0 Å². The van der Waals surface area contributed by atoms with Gasteiger partial charge in [-0.2, -0.15) is 0 Å². The third-order valence-electron chi connectivity index (χ3n) is 3.23.